The Morgan fingerprint density at radius 1 is 0.900 bits per heavy atom. The largest absolute Gasteiger partial charge is 0.275 e. The van der Waals surface area contributed by atoms with E-state index >= 15 is 0 Å². The molecular weight excluding hydrogens is 338 g/mol. The number of nitrogens with one attached hydrogen (secondary N) is 1. The minimum absolute atomic E-state index is 0.412. The fraction of sp³-hybridized carbons (Fsp3) is 0.0714. The van der Waals surface area contributed by atoms with Crippen LogP contribution in [0.3, 0.4) is 0 Å². The van der Waals surface area contributed by atoms with Crippen LogP contribution < -0.4 is 5.43 Å². The summed E-state index contributed by atoms with van der Waals surface area (Å²) in [6.07, 6.45) is 0. The number of halogens is 4. The molecule has 20 heavy (non-hydrogen) atoms. The highest BCUT2D eigenvalue weighted by Gasteiger charge is 2.07. The second-order valence-electron chi connectivity index (χ2n) is 4.06. The van der Waals surface area contributed by atoms with Crippen molar-refractivity contribution in [3.8, 4) is 0 Å². The third-order valence-corrected chi connectivity index (χ3v) is 3.67. The zero-order chi connectivity index (χ0) is 14.7. The molecule has 0 heterocycles. The minimum Gasteiger partial charge on any atom is -0.275 e. The molecule has 2 nitrogen and oxygen atoms in total. The summed E-state index contributed by atoms with van der Waals surface area (Å²) in [6.45, 7) is 1.87. The highest BCUT2D eigenvalue weighted by Crippen LogP contribution is 2.33. The Bertz CT molecular complexity index is 628. The second kappa shape index (κ2) is 6.68. The van der Waals surface area contributed by atoms with E-state index in [-0.39, 0.29) is 0 Å². The van der Waals surface area contributed by atoms with E-state index in [9.17, 15) is 0 Å². The van der Waals surface area contributed by atoms with Gasteiger partial charge in [-0.3, -0.25) is 5.43 Å². The smallest absolute Gasteiger partial charge is 0.0935 e. The van der Waals surface area contributed by atoms with Crippen LogP contribution in [0.15, 0.2) is 41.5 Å². The van der Waals surface area contributed by atoms with E-state index in [0.717, 1.165) is 11.3 Å². The third kappa shape index (κ3) is 3.80. The predicted octanol–water partition coefficient (Wildman–Crippen LogP) is 6.14. The van der Waals surface area contributed by atoms with Gasteiger partial charge < -0.3 is 0 Å². The van der Waals surface area contributed by atoms with E-state index < -0.39 is 0 Å². The maximum atomic E-state index is 6.07. The molecular formula is C14H10Cl4N2. The number of nitrogens with zero attached hydrogens (tertiary/aromatic N) is 1. The molecule has 6 heteroatoms. The van der Waals surface area contributed by atoms with Crippen molar-refractivity contribution in [2.45, 2.75) is 6.92 Å². The Labute approximate surface area is 137 Å². The topological polar surface area (TPSA) is 24.4 Å². The maximum absolute atomic E-state index is 6.07. The molecule has 0 aliphatic rings. The van der Waals surface area contributed by atoms with Gasteiger partial charge in [0.15, 0.2) is 0 Å². The first-order valence-corrected chi connectivity index (χ1v) is 7.19. The summed E-state index contributed by atoms with van der Waals surface area (Å²) in [7, 11) is 0. The fourth-order valence-corrected chi connectivity index (χ4v) is 2.57. The average Bonchev–Trinajstić information content (AvgIpc) is 2.38. The molecule has 2 rings (SSSR count). The van der Waals surface area contributed by atoms with Crippen LogP contribution in [0.2, 0.25) is 20.1 Å². The second-order valence-corrected chi connectivity index (χ2v) is 5.75. The predicted molar refractivity (Wildman–Crippen MR) is 88.8 cm³/mol. The van der Waals surface area contributed by atoms with Gasteiger partial charge >= 0.3 is 0 Å². The first-order chi connectivity index (χ1) is 9.47. The molecule has 0 amide bonds. The zero-order valence-corrected chi connectivity index (χ0v) is 13.4. The van der Waals surface area contributed by atoms with Gasteiger partial charge in [-0.25, -0.2) is 0 Å². The molecule has 0 spiro atoms. The number of rotatable bonds is 3. The van der Waals surface area contributed by atoms with Gasteiger partial charge in [0.25, 0.3) is 0 Å². The zero-order valence-electron chi connectivity index (χ0n) is 10.4. The summed E-state index contributed by atoms with van der Waals surface area (Å²) in [4.78, 5) is 0. The van der Waals surface area contributed by atoms with Crippen molar-refractivity contribution in [1.29, 1.82) is 0 Å². The van der Waals surface area contributed by atoms with Crippen LogP contribution >= 0.6 is 46.4 Å². The molecule has 0 fully saturated rings. The molecule has 0 aliphatic heterocycles. The number of hydrogen-bond donors (Lipinski definition) is 1. The van der Waals surface area contributed by atoms with E-state index in [4.69, 9.17) is 46.4 Å². The lowest BCUT2D eigenvalue weighted by atomic mass is 10.1. The first kappa shape index (κ1) is 15.5. The maximum Gasteiger partial charge on any atom is 0.0935 e. The van der Waals surface area contributed by atoms with E-state index in [1.807, 2.05) is 19.1 Å². The summed E-state index contributed by atoms with van der Waals surface area (Å²) in [5.41, 5.74) is 5.10. The molecule has 0 aromatic heterocycles. The Morgan fingerprint density at radius 3 is 2.00 bits per heavy atom. The first-order valence-electron chi connectivity index (χ1n) is 5.68. The summed E-state index contributed by atoms with van der Waals surface area (Å²) in [6, 6.07) is 10.6. The van der Waals surface area contributed by atoms with Gasteiger partial charge in [0.1, 0.15) is 0 Å². The number of hydrazone groups is 1. The van der Waals surface area contributed by atoms with Crippen LogP contribution in [0.4, 0.5) is 5.69 Å². The quantitative estimate of drug-likeness (QED) is 0.523. The minimum atomic E-state index is 0.412. The highest BCUT2D eigenvalue weighted by atomic mass is 35.5. The SMILES string of the molecule is CC(=NNc1c(Cl)cc(Cl)cc1Cl)c1ccc(Cl)cc1. The monoisotopic (exact) mass is 346 g/mol. The molecule has 2 aromatic rings. The van der Waals surface area contributed by atoms with Gasteiger partial charge in [0.2, 0.25) is 0 Å². The molecule has 0 radical (unpaired) electrons. The molecule has 0 saturated carbocycles. The molecule has 0 unspecified atom stereocenters. The third-order valence-electron chi connectivity index (χ3n) is 2.60. The lowest BCUT2D eigenvalue weighted by molar-refractivity contribution is 1.32. The van der Waals surface area contributed by atoms with Crippen LogP contribution in [0, 0.1) is 0 Å². The van der Waals surface area contributed by atoms with E-state index in [1.165, 1.54) is 0 Å². The highest BCUT2D eigenvalue weighted by molar-refractivity contribution is 6.41. The van der Waals surface area contributed by atoms with Crippen LogP contribution in [0.5, 0.6) is 0 Å². The van der Waals surface area contributed by atoms with Crippen LogP contribution in [0.1, 0.15) is 12.5 Å². The molecule has 0 aliphatic carbocycles. The molecule has 1 N–H and O–H groups in total. The fourth-order valence-electron chi connectivity index (χ4n) is 1.54. The van der Waals surface area contributed by atoms with Crippen molar-refractivity contribution >= 4 is 57.8 Å². The van der Waals surface area contributed by atoms with Gasteiger partial charge in [-0.05, 0) is 36.8 Å². The van der Waals surface area contributed by atoms with E-state index in [0.29, 0.717) is 25.8 Å². The Morgan fingerprint density at radius 2 is 1.45 bits per heavy atom. The summed E-state index contributed by atoms with van der Waals surface area (Å²) >= 11 is 23.8. The standard InChI is InChI=1S/C14H10Cl4N2/c1-8(9-2-4-10(15)5-3-9)19-20-14-12(17)6-11(16)7-13(14)18/h2-7,20H,1H3. The number of benzene rings is 2. The lowest BCUT2D eigenvalue weighted by Crippen LogP contribution is -2.00. The van der Waals surface area contributed by atoms with Crippen molar-refractivity contribution < 1.29 is 0 Å². The van der Waals surface area contributed by atoms with Crippen molar-refractivity contribution in [2.24, 2.45) is 5.10 Å². The number of hydrogen-bond acceptors (Lipinski definition) is 2. The van der Waals surface area contributed by atoms with Gasteiger partial charge in [-0.2, -0.15) is 5.10 Å². The van der Waals surface area contributed by atoms with E-state index in [2.05, 4.69) is 10.5 Å². The van der Waals surface area contributed by atoms with E-state index in [1.54, 1.807) is 24.3 Å². The average molecular weight is 348 g/mol. The van der Waals surface area contributed by atoms with Gasteiger partial charge in [0, 0.05) is 10.0 Å². The summed E-state index contributed by atoms with van der Waals surface area (Å²) in [5.74, 6) is 0. The molecule has 2 aromatic carbocycles. The van der Waals surface area contributed by atoms with Crippen LogP contribution in [0.25, 0.3) is 0 Å². The molecule has 0 saturated heterocycles. The van der Waals surface area contributed by atoms with Crippen molar-refractivity contribution in [3.63, 3.8) is 0 Å². The Hall–Kier alpha value is -0.930. The van der Waals surface area contributed by atoms with Gasteiger partial charge in [-0.1, -0.05) is 58.5 Å². The molecule has 0 bridgehead atoms. The summed E-state index contributed by atoms with van der Waals surface area (Å²) < 4.78 is 0. The lowest BCUT2D eigenvalue weighted by Gasteiger charge is -2.08. The van der Waals surface area contributed by atoms with Crippen LogP contribution in [-0.4, -0.2) is 5.71 Å². The van der Waals surface area contributed by atoms with Crippen molar-refractivity contribution in [2.75, 3.05) is 5.43 Å². The number of anilines is 1. The van der Waals surface area contributed by atoms with Crippen molar-refractivity contribution in [3.05, 3.63) is 62.1 Å². The van der Waals surface area contributed by atoms with Gasteiger partial charge in [-0.15, -0.1) is 0 Å². The molecule has 0 atom stereocenters. The normalized spacial score (nSPS) is 11.6. The Kier molecular flexibility index (Phi) is 5.17. The van der Waals surface area contributed by atoms with Crippen molar-refractivity contribution in [1.82, 2.24) is 0 Å². The van der Waals surface area contributed by atoms with Gasteiger partial charge in [0.05, 0.1) is 21.4 Å². The Balaban J connectivity index is 2.23. The van der Waals surface area contributed by atoms with Crippen LogP contribution in [-0.2, 0) is 0 Å². The summed E-state index contributed by atoms with van der Waals surface area (Å²) in [5, 5.41) is 6.24. The molecule has 104 valence electrons.